The number of likely N-dealkylation sites (tertiary alicyclic amines) is 1. The molecule has 2 heterocycles. The lowest BCUT2D eigenvalue weighted by Gasteiger charge is -2.18. The van der Waals surface area contributed by atoms with Crippen molar-refractivity contribution in [2.75, 3.05) is 18.8 Å². The maximum atomic E-state index is 12.8. The lowest BCUT2D eigenvalue weighted by molar-refractivity contribution is -0.130. The van der Waals surface area contributed by atoms with E-state index in [0.717, 1.165) is 22.9 Å². The number of hydrogen-bond donors (Lipinski definition) is 1. The summed E-state index contributed by atoms with van der Waals surface area (Å²) >= 11 is 0. The topological polar surface area (TPSA) is 102 Å². The van der Waals surface area contributed by atoms with Gasteiger partial charge in [-0.05, 0) is 31.2 Å². The van der Waals surface area contributed by atoms with Crippen molar-refractivity contribution < 1.29 is 18.0 Å². The molecular weight excluding hydrogens is 366 g/mol. The van der Waals surface area contributed by atoms with Gasteiger partial charge in [0.1, 0.15) is 6.54 Å². The Morgan fingerprint density at radius 1 is 1.30 bits per heavy atom. The first-order chi connectivity index (χ1) is 12.7. The summed E-state index contributed by atoms with van der Waals surface area (Å²) in [6.07, 6.45) is 3.18. The first-order valence-corrected chi connectivity index (χ1v) is 10.8. The molecule has 1 aromatic heterocycles. The normalized spacial score (nSPS) is 17.6. The van der Waals surface area contributed by atoms with Crippen LogP contribution in [-0.4, -0.2) is 48.4 Å². The number of nitrogens with two attached hydrogens (primary N) is 1. The van der Waals surface area contributed by atoms with Gasteiger partial charge in [-0.3, -0.25) is 9.59 Å². The maximum absolute atomic E-state index is 12.8. The SMILES string of the molecule is CCc1cccc2c(C(C)=O)cn(CC(=O)N3CCC(CS(N)(=O)=O)C3)c12. The van der Waals surface area contributed by atoms with E-state index in [9.17, 15) is 18.0 Å². The second-order valence-corrected chi connectivity index (χ2v) is 8.88. The van der Waals surface area contributed by atoms with Crippen LogP contribution >= 0.6 is 0 Å². The van der Waals surface area contributed by atoms with Gasteiger partial charge in [0.25, 0.3) is 0 Å². The Morgan fingerprint density at radius 2 is 2.04 bits per heavy atom. The fraction of sp³-hybridized carbons (Fsp3) is 0.474. The largest absolute Gasteiger partial charge is 0.341 e. The molecule has 1 unspecified atom stereocenters. The number of aryl methyl sites for hydroxylation is 1. The van der Waals surface area contributed by atoms with Crippen LogP contribution < -0.4 is 5.14 Å². The summed E-state index contributed by atoms with van der Waals surface area (Å²) in [6.45, 7) is 4.62. The van der Waals surface area contributed by atoms with E-state index in [4.69, 9.17) is 5.14 Å². The Balaban J connectivity index is 1.84. The summed E-state index contributed by atoms with van der Waals surface area (Å²) in [5, 5.41) is 5.98. The standard InChI is InChI=1S/C19H25N3O4S/c1-3-15-5-4-6-16-17(13(2)23)10-22(19(15)16)11-18(24)21-8-7-14(9-21)12-27(20,25)26/h4-6,10,14H,3,7-9,11-12H2,1-2H3,(H2,20,25,26). The highest BCUT2D eigenvalue weighted by molar-refractivity contribution is 7.89. The number of aromatic nitrogens is 1. The third kappa shape index (κ3) is 4.22. The highest BCUT2D eigenvalue weighted by Gasteiger charge is 2.29. The quantitative estimate of drug-likeness (QED) is 0.755. The maximum Gasteiger partial charge on any atom is 0.242 e. The van der Waals surface area contributed by atoms with Crippen LogP contribution in [0.5, 0.6) is 0 Å². The third-order valence-corrected chi connectivity index (χ3v) is 6.09. The van der Waals surface area contributed by atoms with Gasteiger partial charge in [0, 0.05) is 30.2 Å². The van der Waals surface area contributed by atoms with E-state index < -0.39 is 10.0 Å². The molecule has 8 heteroatoms. The number of para-hydroxylation sites is 1. The summed E-state index contributed by atoms with van der Waals surface area (Å²) in [6, 6.07) is 5.84. The Morgan fingerprint density at radius 3 is 2.67 bits per heavy atom. The van der Waals surface area contributed by atoms with Crippen molar-refractivity contribution in [3.05, 3.63) is 35.5 Å². The number of carbonyl (C=O) groups excluding carboxylic acids is 2. The molecular formula is C19H25N3O4S. The third-order valence-electron chi connectivity index (χ3n) is 5.15. The zero-order valence-electron chi connectivity index (χ0n) is 15.6. The number of fused-ring (bicyclic) bond motifs is 1. The van der Waals surface area contributed by atoms with E-state index in [2.05, 4.69) is 0 Å². The van der Waals surface area contributed by atoms with Gasteiger partial charge >= 0.3 is 0 Å². The number of carbonyl (C=O) groups is 2. The van der Waals surface area contributed by atoms with Crippen LogP contribution in [0.2, 0.25) is 0 Å². The van der Waals surface area contributed by atoms with Crippen LogP contribution in [0.15, 0.2) is 24.4 Å². The van der Waals surface area contributed by atoms with Gasteiger partial charge in [0.2, 0.25) is 15.9 Å². The van der Waals surface area contributed by atoms with E-state index in [1.165, 1.54) is 6.92 Å². The van der Waals surface area contributed by atoms with Gasteiger partial charge in [0.15, 0.2) is 5.78 Å². The van der Waals surface area contributed by atoms with E-state index in [0.29, 0.717) is 25.1 Å². The summed E-state index contributed by atoms with van der Waals surface area (Å²) in [7, 11) is -3.54. The molecule has 0 bridgehead atoms. The van der Waals surface area contributed by atoms with Crippen molar-refractivity contribution in [2.45, 2.75) is 33.2 Å². The fourth-order valence-corrected chi connectivity index (χ4v) is 4.83. The lowest BCUT2D eigenvalue weighted by atomic mass is 10.1. The summed E-state index contributed by atoms with van der Waals surface area (Å²) < 4.78 is 24.4. The smallest absolute Gasteiger partial charge is 0.242 e. The molecule has 0 spiro atoms. The molecule has 146 valence electrons. The molecule has 2 N–H and O–H groups in total. The predicted molar refractivity (Wildman–Crippen MR) is 104 cm³/mol. The Hall–Kier alpha value is -2.19. The zero-order valence-corrected chi connectivity index (χ0v) is 16.5. The second kappa shape index (κ2) is 7.44. The molecule has 7 nitrogen and oxygen atoms in total. The molecule has 1 aliphatic rings. The Labute approximate surface area is 159 Å². The molecule has 0 radical (unpaired) electrons. The lowest BCUT2D eigenvalue weighted by Crippen LogP contribution is -2.33. The minimum absolute atomic E-state index is 0.0335. The number of Topliss-reactive ketones (excluding diaryl/α,β-unsaturated/α-hetero) is 1. The number of amides is 1. The van der Waals surface area contributed by atoms with E-state index in [1.807, 2.05) is 29.7 Å². The molecule has 1 saturated heterocycles. The Kier molecular flexibility index (Phi) is 5.39. The molecule has 0 saturated carbocycles. The zero-order chi connectivity index (χ0) is 19.8. The van der Waals surface area contributed by atoms with Crippen molar-refractivity contribution in [2.24, 2.45) is 11.1 Å². The van der Waals surface area contributed by atoms with Gasteiger partial charge in [-0.15, -0.1) is 0 Å². The fourth-order valence-electron chi connectivity index (χ4n) is 3.90. The number of ketones is 1. The van der Waals surface area contributed by atoms with Crippen LogP contribution in [0.25, 0.3) is 10.9 Å². The number of primary sulfonamides is 1. The number of nitrogens with zero attached hydrogens (tertiary/aromatic N) is 2. The summed E-state index contributed by atoms with van der Waals surface area (Å²) in [5.74, 6) is -0.333. The summed E-state index contributed by atoms with van der Waals surface area (Å²) in [5.41, 5.74) is 2.61. The van der Waals surface area contributed by atoms with Crippen molar-refractivity contribution in [3.8, 4) is 0 Å². The molecule has 2 aromatic rings. The number of sulfonamides is 1. The van der Waals surface area contributed by atoms with Crippen LogP contribution in [0, 0.1) is 5.92 Å². The van der Waals surface area contributed by atoms with E-state index in [1.54, 1.807) is 11.1 Å². The minimum atomic E-state index is -3.54. The molecule has 27 heavy (non-hydrogen) atoms. The molecule has 0 aliphatic carbocycles. The van der Waals surface area contributed by atoms with Crippen molar-refractivity contribution in [3.63, 3.8) is 0 Å². The van der Waals surface area contributed by atoms with Crippen LogP contribution in [0.1, 0.15) is 36.2 Å². The van der Waals surface area contributed by atoms with Crippen LogP contribution in [0.3, 0.4) is 0 Å². The van der Waals surface area contributed by atoms with Crippen LogP contribution in [0.4, 0.5) is 0 Å². The summed E-state index contributed by atoms with van der Waals surface area (Å²) in [4.78, 5) is 26.5. The Bertz CT molecular complexity index is 994. The highest BCUT2D eigenvalue weighted by Crippen LogP contribution is 2.26. The molecule has 1 fully saturated rings. The van der Waals surface area contributed by atoms with Crippen molar-refractivity contribution >= 4 is 32.6 Å². The van der Waals surface area contributed by atoms with Gasteiger partial charge < -0.3 is 9.47 Å². The van der Waals surface area contributed by atoms with Gasteiger partial charge in [0.05, 0.1) is 11.3 Å². The van der Waals surface area contributed by atoms with Crippen molar-refractivity contribution in [1.29, 1.82) is 0 Å². The average Bonchev–Trinajstić information content (AvgIpc) is 3.18. The molecule has 1 aromatic carbocycles. The molecule has 1 aliphatic heterocycles. The molecule has 1 atom stereocenters. The average molecular weight is 391 g/mol. The van der Waals surface area contributed by atoms with Gasteiger partial charge in [-0.25, -0.2) is 13.6 Å². The minimum Gasteiger partial charge on any atom is -0.341 e. The van der Waals surface area contributed by atoms with E-state index >= 15 is 0 Å². The van der Waals surface area contributed by atoms with Crippen molar-refractivity contribution in [1.82, 2.24) is 9.47 Å². The first kappa shape index (κ1) is 19.6. The predicted octanol–water partition coefficient (Wildman–Crippen LogP) is 1.54. The highest BCUT2D eigenvalue weighted by atomic mass is 32.2. The molecule has 1 amide bonds. The van der Waals surface area contributed by atoms with Crippen LogP contribution in [-0.2, 0) is 27.8 Å². The number of hydrogen-bond acceptors (Lipinski definition) is 4. The monoisotopic (exact) mass is 391 g/mol. The van der Waals surface area contributed by atoms with Gasteiger partial charge in [-0.2, -0.15) is 0 Å². The van der Waals surface area contributed by atoms with E-state index in [-0.39, 0.29) is 29.9 Å². The first-order valence-electron chi connectivity index (χ1n) is 9.09. The molecule has 3 rings (SSSR count). The number of benzene rings is 1. The van der Waals surface area contributed by atoms with Gasteiger partial charge in [-0.1, -0.05) is 25.1 Å². The number of rotatable bonds is 6. The second-order valence-electron chi connectivity index (χ2n) is 7.22.